The molecule has 0 saturated carbocycles. The number of anilines is 1. The predicted octanol–water partition coefficient (Wildman–Crippen LogP) is 0.158. The Morgan fingerprint density at radius 1 is 1.40 bits per heavy atom. The van der Waals surface area contributed by atoms with Gasteiger partial charge >= 0.3 is 0 Å². The summed E-state index contributed by atoms with van der Waals surface area (Å²) in [5.41, 5.74) is 5.89. The molecule has 0 atom stereocenters. The SMILES string of the molecule is CCOc1ccc(NC(=O)CN)cc1.O. The van der Waals surface area contributed by atoms with Gasteiger partial charge < -0.3 is 21.3 Å². The molecule has 0 heterocycles. The highest BCUT2D eigenvalue weighted by atomic mass is 16.5. The first kappa shape index (κ1) is 13.4. The summed E-state index contributed by atoms with van der Waals surface area (Å²) in [6, 6.07) is 7.16. The van der Waals surface area contributed by atoms with Crippen LogP contribution in [0.25, 0.3) is 0 Å². The minimum atomic E-state index is -0.200. The molecule has 0 bridgehead atoms. The van der Waals surface area contributed by atoms with Gasteiger partial charge in [0.1, 0.15) is 5.75 Å². The fourth-order valence-corrected chi connectivity index (χ4v) is 1.01. The Balaban J connectivity index is 0.00000196. The lowest BCUT2D eigenvalue weighted by molar-refractivity contribution is -0.114. The van der Waals surface area contributed by atoms with Gasteiger partial charge in [0.25, 0.3) is 0 Å². The fraction of sp³-hybridized carbons (Fsp3) is 0.300. The van der Waals surface area contributed by atoms with E-state index in [0.29, 0.717) is 6.61 Å². The summed E-state index contributed by atoms with van der Waals surface area (Å²) in [5.74, 6) is 0.590. The Morgan fingerprint density at radius 3 is 2.47 bits per heavy atom. The van der Waals surface area contributed by atoms with Crippen LogP contribution in [0.15, 0.2) is 24.3 Å². The Bertz CT molecular complexity index is 298. The van der Waals surface area contributed by atoms with Gasteiger partial charge in [-0.1, -0.05) is 0 Å². The van der Waals surface area contributed by atoms with E-state index < -0.39 is 0 Å². The Morgan fingerprint density at radius 2 is 2.00 bits per heavy atom. The molecule has 5 nitrogen and oxygen atoms in total. The van der Waals surface area contributed by atoms with Gasteiger partial charge in [0.2, 0.25) is 5.91 Å². The van der Waals surface area contributed by atoms with Gasteiger partial charge in [0, 0.05) is 5.69 Å². The monoisotopic (exact) mass is 212 g/mol. The van der Waals surface area contributed by atoms with Gasteiger partial charge in [0.15, 0.2) is 0 Å². The first-order valence-electron chi connectivity index (χ1n) is 4.49. The molecule has 0 unspecified atom stereocenters. The third-order valence-corrected chi connectivity index (χ3v) is 1.63. The van der Waals surface area contributed by atoms with Gasteiger partial charge in [0.05, 0.1) is 13.2 Å². The second-order valence-electron chi connectivity index (χ2n) is 2.71. The number of rotatable bonds is 4. The van der Waals surface area contributed by atoms with Crippen molar-refractivity contribution in [2.75, 3.05) is 18.5 Å². The highest BCUT2D eigenvalue weighted by molar-refractivity contribution is 5.92. The predicted molar refractivity (Wildman–Crippen MR) is 58.9 cm³/mol. The molecule has 15 heavy (non-hydrogen) atoms. The minimum absolute atomic E-state index is 0. The standard InChI is InChI=1S/C10H14N2O2.H2O/c1-2-14-9-5-3-8(4-6-9)12-10(13)7-11;/h3-6H,2,7,11H2,1H3,(H,12,13);1H2. The van der Waals surface area contributed by atoms with Crippen molar-refractivity contribution in [2.24, 2.45) is 5.73 Å². The third-order valence-electron chi connectivity index (χ3n) is 1.63. The van der Waals surface area contributed by atoms with E-state index in [1.165, 1.54) is 0 Å². The van der Waals surface area contributed by atoms with Crippen LogP contribution in [0.3, 0.4) is 0 Å². The molecular weight excluding hydrogens is 196 g/mol. The maximum Gasteiger partial charge on any atom is 0.238 e. The Labute approximate surface area is 88.5 Å². The largest absolute Gasteiger partial charge is 0.494 e. The van der Waals surface area contributed by atoms with E-state index in [4.69, 9.17) is 10.5 Å². The van der Waals surface area contributed by atoms with Crippen molar-refractivity contribution in [2.45, 2.75) is 6.92 Å². The molecular formula is C10H16N2O3. The highest BCUT2D eigenvalue weighted by Gasteiger charge is 1.98. The molecule has 5 N–H and O–H groups in total. The number of hydrogen-bond acceptors (Lipinski definition) is 3. The van der Waals surface area contributed by atoms with Crippen molar-refractivity contribution in [3.8, 4) is 5.75 Å². The maximum absolute atomic E-state index is 10.9. The summed E-state index contributed by atoms with van der Waals surface area (Å²) in [5, 5.41) is 2.64. The van der Waals surface area contributed by atoms with Crippen LogP contribution in [0.2, 0.25) is 0 Å². The van der Waals surface area contributed by atoms with Gasteiger partial charge in [-0.05, 0) is 31.2 Å². The summed E-state index contributed by atoms with van der Waals surface area (Å²) in [6.45, 7) is 2.55. The van der Waals surface area contributed by atoms with E-state index >= 15 is 0 Å². The van der Waals surface area contributed by atoms with Crippen LogP contribution in [-0.2, 0) is 4.79 Å². The van der Waals surface area contributed by atoms with E-state index in [2.05, 4.69) is 5.32 Å². The van der Waals surface area contributed by atoms with Crippen LogP contribution >= 0.6 is 0 Å². The van der Waals surface area contributed by atoms with Crippen molar-refractivity contribution in [3.05, 3.63) is 24.3 Å². The molecule has 0 aliphatic heterocycles. The van der Waals surface area contributed by atoms with Gasteiger partial charge in [-0.3, -0.25) is 4.79 Å². The number of benzene rings is 1. The fourth-order valence-electron chi connectivity index (χ4n) is 1.01. The average Bonchev–Trinajstić information content (AvgIpc) is 2.21. The van der Waals surface area contributed by atoms with Gasteiger partial charge in [-0.15, -0.1) is 0 Å². The molecule has 1 aromatic carbocycles. The van der Waals surface area contributed by atoms with E-state index in [1.807, 2.05) is 6.92 Å². The summed E-state index contributed by atoms with van der Waals surface area (Å²) in [6.07, 6.45) is 0. The zero-order chi connectivity index (χ0) is 10.4. The molecule has 0 radical (unpaired) electrons. The Kier molecular flexibility index (Phi) is 6.08. The third kappa shape index (κ3) is 4.44. The summed E-state index contributed by atoms with van der Waals surface area (Å²) in [7, 11) is 0. The van der Waals surface area contributed by atoms with Crippen LogP contribution in [0.4, 0.5) is 5.69 Å². The van der Waals surface area contributed by atoms with Gasteiger partial charge in [-0.25, -0.2) is 0 Å². The molecule has 0 aliphatic carbocycles. The van der Waals surface area contributed by atoms with Crippen LogP contribution in [-0.4, -0.2) is 24.5 Å². The number of hydrogen-bond donors (Lipinski definition) is 2. The average molecular weight is 212 g/mol. The number of nitrogens with one attached hydrogen (secondary N) is 1. The molecule has 1 aromatic rings. The van der Waals surface area contributed by atoms with E-state index in [1.54, 1.807) is 24.3 Å². The van der Waals surface area contributed by atoms with Crippen molar-refractivity contribution < 1.29 is 15.0 Å². The van der Waals surface area contributed by atoms with Crippen LogP contribution in [0.1, 0.15) is 6.92 Å². The van der Waals surface area contributed by atoms with E-state index in [-0.39, 0.29) is 17.9 Å². The molecule has 0 saturated heterocycles. The number of carbonyl (C=O) groups is 1. The Hall–Kier alpha value is -1.59. The first-order chi connectivity index (χ1) is 6.76. The van der Waals surface area contributed by atoms with E-state index in [9.17, 15) is 4.79 Å². The second kappa shape index (κ2) is 6.80. The number of carbonyl (C=O) groups excluding carboxylic acids is 1. The molecule has 0 fully saturated rings. The summed E-state index contributed by atoms with van der Waals surface area (Å²) >= 11 is 0. The van der Waals surface area contributed by atoms with Gasteiger partial charge in [-0.2, -0.15) is 0 Å². The lowest BCUT2D eigenvalue weighted by Crippen LogP contribution is -2.21. The zero-order valence-electron chi connectivity index (χ0n) is 8.62. The van der Waals surface area contributed by atoms with Crippen LogP contribution in [0, 0.1) is 0 Å². The van der Waals surface area contributed by atoms with Crippen molar-refractivity contribution in [1.29, 1.82) is 0 Å². The van der Waals surface area contributed by atoms with Crippen molar-refractivity contribution in [1.82, 2.24) is 0 Å². The molecule has 1 amide bonds. The van der Waals surface area contributed by atoms with Crippen molar-refractivity contribution in [3.63, 3.8) is 0 Å². The summed E-state index contributed by atoms with van der Waals surface area (Å²) in [4.78, 5) is 10.9. The molecule has 5 heteroatoms. The maximum atomic E-state index is 10.9. The number of ether oxygens (including phenoxy) is 1. The first-order valence-corrected chi connectivity index (χ1v) is 4.49. The van der Waals surface area contributed by atoms with Crippen LogP contribution < -0.4 is 15.8 Å². The minimum Gasteiger partial charge on any atom is -0.494 e. The smallest absolute Gasteiger partial charge is 0.238 e. The molecule has 0 aromatic heterocycles. The van der Waals surface area contributed by atoms with E-state index in [0.717, 1.165) is 11.4 Å². The molecule has 84 valence electrons. The van der Waals surface area contributed by atoms with Crippen molar-refractivity contribution >= 4 is 11.6 Å². The lowest BCUT2D eigenvalue weighted by atomic mass is 10.3. The van der Waals surface area contributed by atoms with Crippen LogP contribution in [0.5, 0.6) is 5.75 Å². The molecule has 0 aliphatic rings. The number of amides is 1. The molecule has 0 spiro atoms. The topological polar surface area (TPSA) is 95.8 Å². The lowest BCUT2D eigenvalue weighted by Gasteiger charge is -2.05. The highest BCUT2D eigenvalue weighted by Crippen LogP contribution is 2.15. The second-order valence-corrected chi connectivity index (χ2v) is 2.71. The molecule has 1 rings (SSSR count). The number of nitrogens with two attached hydrogens (primary N) is 1. The summed E-state index contributed by atoms with van der Waals surface area (Å²) < 4.78 is 5.25. The zero-order valence-corrected chi connectivity index (χ0v) is 8.62. The normalized spacial score (nSPS) is 8.93. The quantitative estimate of drug-likeness (QED) is 0.743.